The molecule has 1 heterocycles. The van der Waals surface area contributed by atoms with Gasteiger partial charge in [0.1, 0.15) is 5.82 Å². The summed E-state index contributed by atoms with van der Waals surface area (Å²) < 4.78 is 52.5. The van der Waals surface area contributed by atoms with Crippen LogP contribution in [-0.2, 0) is 12.7 Å². The van der Waals surface area contributed by atoms with Crippen molar-refractivity contribution in [2.45, 2.75) is 12.7 Å². The number of alkyl halides is 3. The summed E-state index contributed by atoms with van der Waals surface area (Å²) in [5.74, 6) is -2.14. The molecule has 0 spiro atoms. The Balaban J connectivity index is 2.07. The van der Waals surface area contributed by atoms with Gasteiger partial charge in [0.25, 0.3) is 5.91 Å². The molecule has 2 aromatic rings. The van der Waals surface area contributed by atoms with Gasteiger partial charge >= 0.3 is 12.2 Å². The van der Waals surface area contributed by atoms with Crippen molar-refractivity contribution in [2.75, 3.05) is 14.1 Å². The van der Waals surface area contributed by atoms with E-state index < -0.39 is 29.5 Å². The molecule has 0 bridgehead atoms. The van der Waals surface area contributed by atoms with Crippen molar-refractivity contribution < 1.29 is 27.2 Å². The monoisotopic (exact) mass is 374 g/mol. The highest BCUT2D eigenvalue weighted by Crippen LogP contribution is 2.31. The average Bonchev–Trinajstić information content (AvgIpc) is 3.01. The second-order valence-electron chi connectivity index (χ2n) is 5.39. The van der Waals surface area contributed by atoms with E-state index in [0.717, 1.165) is 4.68 Å². The van der Waals surface area contributed by atoms with Crippen molar-refractivity contribution >= 4 is 11.9 Å². The van der Waals surface area contributed by atoms with Crippen LogP contribution in [0, 0.1) is 5.82 Å². The Kier molecular flexibility index (Phi) is 5.43. The van der Waals surface area contributed by atoms with Crippen LogP contribution in [0.15, 0.2) is 24.4 Å². The molecular formula is C14H14F4N6O2. The summed E-state index contributed by atoms with van der Waals surface area (Å²) >= 11 is 0. The smallest absolute Gasteiger partial charge is 0.330 e. The van der Waals surface area contributed by atoms with Gasteiger partial charge in [-0.25, -0.2) is 19.3 Å². The lowest BCUT2D eigenvalue weighted by molar-refractivity contribution is -0.140. The molecule has 0 atom stereocenters. The van der Waals surface area contributed by atoms with E-state index in [9.17, 15) is 27.2 Å². The van der Waals surface area contributed by atoms with E-state index in [0.29, 0.717) is 12.1 Å². The third-order valence-corrected chi connectivity index (χ3v) is 3.14. The van der Waals surface area contributed by atoms with E-state index in [1.807, 2.05) is 0 Å². The Hall–Kier alpha value is -3.18. The van der Waals surface area contributed by atoms with Crippen molar-refractivity contribution in [3.8, 4) is 0 Å². The molecule has 0 saturated heterocycles. The number of aromatic nitrogens is 3. The molecule has 1 aromatic carbocycles. The van der Waals surface area contributed by atoms with Crippen LogP contribution in [0.5, 0.6) is 0 Å². The van der Waals surface area contributed by atoms with Crippen LogP contribution in [0.2, 0.25) is 0 Å². The lowest BCUT2D eigenvalue weighted by Gasteiger charge is -2.11. The minimum Gasteiger partial charge on any atom is -0.330 e. The molecule has 26 heavy (non-hydrogen) atoms. The standard InChI is InChI=1S/C14H14F4N6O2/c1-23(2)13(26)21-20-12(25)11-7-24(22-19-11)6-8-3-4-10(15)9(5-8)14(16,17)18/h3-5,7H,6H2,1-2H3,(H,20,25)(H,21,26). The van der Waals surface area contributed by atoms with Crippen LogP contribution in [0.1, 0.15) is 21.6 Å². The highest BCUT2D eigenvalue weighted by Gasteiger charge is 2.34. The molecular weight excluding hydrogens is 360 g/mol. The van der Waals surface area contributed by atoms with Crippen LogP contribution < -0.4 is 10.9 Å². The van der Waals surface area contributed by atoms with E-state index in [4.69, 9.17) is 0 Å². The number of hydrogen-bond donors (Lipinski definition) is 2. The van der Waals surface area contributed by atoms with E-state index in [-0.39, 0.29) is 17.8 Å². The fourth-order valence-electron chi connectivity index (χ4n) is 1.84. The van der Waals surface area contributed by atoms with E-state index in [1.165, 1.54) is 31.3 Å². The molecule has 0 fully saturated rings. The van der Waals surface area contributed by atoms with Crippen molar-refractivity contribution in [1.82, 2.24) is 30.7 Å². The van der Waals surface area contributed by atoms with Crippen molar-refractivity contribution in [1.29, 1.82) is 0 Å². The average molecular weight is 374 g/mol. The fraction of sp³-hybridized carbons (Fsp3) is 0.286. The van der Waals surface area contributed by atoms with Crippen LogP contribution in [0.4, 0.5) is 22.4 Å². The summed E-state index contributed by atoms with van der Waals surface area (Å²) in [5, 5.41) is 7.18. The Morgan fingerprint density at radius 1 is 1.23 bits per heavy atom. The summed E-state index contributed by atoms with van der Waals surface area (Å²) in [4.78, 5) is 24.3. The number of amides is 3. The highest BCUT2D eigenvalue weighted by molar-refractivity contribution is 5.93. The number of nitrogens with one attached hydrogen (secondary N) is 2. The quantitative estimate of drug-likeness (QED) is 0.628. The molecule has 3 amide bonds. The molecule has 140 valence electrons. The summed E-state index contributed by atoms with van der Waals surface area (Å²) in [5.41, 5.74) is 2.78. The minimum absolute atomic E-state index is 0.122. The maximum Gasteiger partial charge on any atom is 0.419 e. The first-order valence-corrected chi connectivity index (χ1v) is 7.11. The number of hydrazine groups is 1. The molecule has 0 saturated carbocycles. The number of rotatable bonds is 3. The number of carbonyl (C=O) groups excluding carboxylic acids is 2. The first-order valence-electron chi connectivity index (χ1n) is 7.11. The first-order chi connectivity index (χ1) is 12.1. The number of halogens is 4. The molecule has 2 N–H and O–H groups in total. The molecule has 0 aliphatic rings. The molecule has 0 unspecified atom stereocenters. The molecule has 1 aromatic heterocycles. The molecule has 8 nitrogen and oxygen atoms in total. The zero-order chi connectivity index (χ0) is 19.5. The van der Waals surface area contributed by atoms with Crippen molar-refractivity contribution in [3.63, 3.8) is 0 Å². The summed E-state index contributed by atoms with van der Waals surface area (Å²) in [7, 11) is 2.94. The number of hydrogen-bond acceptors (Lipinski definition) is 4. The largest absolute Gasteiger partial charge is 0.419 e. The molecule has 0 radical (unpaired) electrons. The zero-order valence-corrected chi connectivity index (χ0v) is 13.6. The van der Waals surface area contributed by atoms with Gasteiger partial charge in [-0.05, 0) is 17.7 Å². The molecule has 0 aliphatic carbocycles. The van der Waals surface area contributed by atoms with Gasteiger partial charge in [-0.1, -0.05) is 11.3 Å². The predicted octanol–water partition coefficient (Wildman–Crippen LogP) is 1.40. The fourth-order valence-corrected chi connectivity index (χ4v) is 1.84. The first kappa shape index (κ1) is 19.1. The Labute approximate surface area is 144 Å². The lowest BCUT2D eigenvalue weighted by Crippen LogP contribution is -2.46. The second-order valence-corrected chi connectivity index (χ2v) is 5.39. The van der Waals surface area contributed by atoms with E-state index in [1.54, 1.807) is 0 Å². The SMILES string of the molecule is CN(C)C(=O)NNC(=O)c1cn(Cc2ccc(F)c(C(F)(F)F)c2)nn1. The number of carbonyl (C=O) groups is 2. The van der Waals surface area contributed by atoms with Crippen LogP contribution >= 0.6 is 0 Å². The van der Waals surface area contributed by atoms with Crippen LogP contribution in [-0.4, -0.2) is 45.9 Å². The van der Waals surface area contributed by atoms with Gasteiger partial charge in [0.2, 0.25) is 0 Å². The maximum atomic E-state index is 13.3. The third kappa shape index (κ3) is 4.68. The zero-order valence-electron chi connectivity index (χ0n) is 13.6. The van der Waals surface area contributed by atoms with Gasteiger partial charge in [0.15, 0.2) is 5.69 Å². The second kappa shape index (κ2) is 7.37. The maximum absolute atomic E-state index is 13.3. The number of urea groups is 1. The number of nitrogens with zero attached hydrogens (tertiary/aromatic N) is 4. The molecule has 0 aliphatic heterocycles. The topological polar surface area (TPSA) is 92.2 Å². The molecule has 12 heteroatoms. The molecule has 2 rings (SSSR count). The van der Waals surface area contributed by atoms with Gasteiger partial charge in [-0.2, -0.15) is 13.2 Å². The summed E-state index contributed by atoms with van der Waals surface area (Å²) in [6.07, 6.45) is -3.65. The predicted molar refractivity (Wildman–Crippen MR) is 80.2 cm³/mol. The Bertz CT molecular complexity index is 818. The lowest BCUT2D eigenvalue weighted by atomic mass is 10.1. The summed E-state index contributed by atoms with van der Waals surface area (Å²) in [6, 6.07) is 1.97. The normalized spacial score (nSPS) is 11.2. The number of benzene rings is 1. The van der Waals surface area contributed by atoms with Crippen molar-refractivity contribution in [2.24, 2.45) is 0 Å². The minimum atomic E-state index is -4.82. The Morgan fingerprint density at radius 2 is 1.92 bits per heavy atom. The van der Waals surface area contributed by atoms with Gasteiger partial charge in [0.05, 0.1) is 18.3 Å². The van der Waals surface area contributed by atoms with Gasteiger partial charge in [-0.3, -0.25) is 10.2 Å². The van der Waals surface area contributed by atoms with Gasteiger partial charge < -0.3 is 4.90 Å². The van der Waals surface area contributed by atoms with Crippen LogP contribution in [0.3, 0.4) is 0 Å². The summed E-state index contributed by atoms with van der Waals surface area (Å²) in [6.45, 7) is -0.159. The van der Waals surface area contributed by atoms with Crippen LogP contribution in [0.25, 0.3) is 0 Å². The van der Waals surface area contributed by atoms with Gasteiger partial charge in [-0.15, -0.1) is 5.10 Å². The van der Waals surface area contributed by atoms with E-state index >= 15 is 0 Å². The Morgan fingerprint density at radius 3 is 2.54 bits per heavy atom. The third-order valence-electron chi connectivity index (χ3n) is 3.14. The van der Waals surface area contributed by atoms with E-state index in [2.05, 4.69) is 21.2 Å². The van der Waals surface area contributed by atoms with Crippen molar-refractivity contribution in [3.05, 3.63) is 47.0 Å². The van der Waals surface area contributed by atoms with Gasteiger partial charge in [0, 0.05) is 14.1 Å². The highest BCUT2D eigenvalue weighted by atomic mass is 19.4.